The van der Waals surface area contributed by atoms with Crippen LogP contribution in [0.3, 0.4) is 0 Å². The van der Waals surface area contributed by atoms with Crippen LogP contribution in [-0.2, 0) is 16.1 Å². The quantitative estimate of drug-likeness (QED) is 0.288. The van der Waals surface area contributed by atoms with Crippen molar-refractivity contribution in [3.05, 3.63) is 94.2 Å². The monoisotopic (exact) mass is 565 g/mol. The zero-order valence-electron chi connectivity index (χ0n) is 21.0. The van der Waals surface area contributed by atoms with Crippen LogP contribution in [0.4, 0.5) is 10.1 Å². The summed E-state index contributed by atoms with van der Waals surface area (Å²) in [6, 6.07) is 16.3. The fourth-order valence-electron chi connectivity index (χ4n) is 4.54. The highest BCUT2D eigenvalue weighted by molar-refractivity contribution is 7.17. The van der Waals surface area contributed by atoms with Gasteiger partial charge in [-0.05, 0) is 86.0 Å². The first-order valence-electron chi connectivity index (χ1n) is 12.2. The third-order valence-corrected chi connectivity index (χ3v) is 7.72. The van der Waals surface area contributed by atoms with E-state index < -0.39 is 5.54 Å². The summed E-state index contributed by atoms with van der Waals surface area (Å²) in [5, 5.41) is 10.6. The average Bonchev–Trinajstić information content (AvgIpc) is 3.66. The standard InChI is InChI=1S/C28H25ClFN5O3S/c1-28(27(37)32-21-5-9-23(10-6-21)38-22-7-3-20(30)4-8-22)16-19(2-11-24-12-13-25(29)39-24)17-35(28)26(36)18-34-15-14-31-33-34/h2-15,19H,16-18H2,1H3,(H,32,37)/b11-2+. The molecule has 200 valence electrons. The maximum Gasteiger partial charge on any atom is 0.250 e. The Hall–Kier alpha value is -4.02. The third kappa shape index (κ3) is 6.35. The number of carbonyl (C=O) groups is 2. The second kappa shape index (κ2) is 11.4. The van der Waals surface area contributed by atoms with Gasteiger partial charge >= 0.3 is 0 Å². The van der Waals surface area contributed by atoms with Gasteiger partial charge in [0.2, 0.25) is 11.8 Å². The number of nitrogens with one attached hydrogen (secondary N) is 1. The molecule has 1 aliphatic heterocycles. The van der Waals surface area contributed by atoms with E-state index in [0.29, 0.717) is 34.5 Å². The first kappa shape index (κ1) is 26.6. The van der Waals surface area contributed by atoms with E-state index in [-0.39, 0.29) is 30.1 Å². The first-order valence-corrected chi connectivity index (χ1v) is 13.4. The number of anilines is 1. The van der Waals surface area contributed by atoms with Crippen molar-refractivity contribution in [3.8, 4) is 11.5 Å². The van der Waals surface area contributed by atoms with Crippen molar-refractivity contribution in [2.75, 3.05) is 11.9 Å². The minimum atomic E-state index is -1.09. The van der Waals surface area contributed by atoms with Crippen LogP contribution in [0.15, 0.2) is 79.1 Å². The van der Waals surface area contributed by atoms with Gasteiger partial charge in [0.1, 0.15) is 29.4 Å². The van der Waals surface area contributed by atoms with Gasteiger partial charge in [-0.25, -0.2) is 9.07 Å². The molecule has 0 spiro atoms. The Bertz CT molecular complexity index is 1470. The fraction of sp³-hybridized carbons (Fsp3) is 0.214. The van der Waals surface area contributed by atoms with E-state index in [1.54, 1.807) is 42.3 Å². The van der Waals surface area contributed by atoms with Gasteiger partial charge in [-0.1, -0.05) is 22.9 Å². The van der Waals surface area contributed by atoms with Crippen molar-refractivity contribution >= 4 is 46.5 Å². The summed E-state index contributed by atoms with van der Waals surface area (Å²) < 4.78 is 21.0. The minimum absolute atomic E-state index is 0.0186. The van der Waals surface area contributed by atoms with Crippen molar-refractivity contribution in [3.63, 3.8) is 0 Å². The van der Waals surface area contributed by atoms with Gasteiger partial charge in [0.15, 0.2) is 0 Å². The van der Waals surface area contributed by atoms with E-state index in [1.165, 1.54) is 46.5 Å². The van der Waals surface area contributed by atoms with Crippen molar-refractivity contribution in [1.82, 2.24) is 19.9 Å². The second-order valence-corrected chi connectivity index (χ2v) is 11.1. The van der Waals surface area contributed by atoms with E-state index in [9.17, 15) is 14.0 Å². The maximum absolute atomic E-state index is 13.6. The van der Waals surface area contributed by atoms with Crippen molar-refractivity contribution < 1.29 is 18.7 Å². The Kier molecular flexibility index (Phi) is 7.76. The lowest BCUT2D eigenvalue weighted by molar-refractivity contribution is -0.142. The number of amides is 2. The van der Waals surface area contributed by atoms with Crippen LogP contribution in [0, 0.1) is 11.7 Å². The van der Waals surface area contributed by atoms with Crippen molar-refractivity contribution in [2.45, 2.75) is 25.4 Å². The van der Waals surface area contributed by atoms with Gasteiger partial charge in [-0.15, -0.1) is 16.4 Å². The van der Waals surface area contributed by atoms with Crippen LogP contribution < -0.4 is 10.1 Å². The molecule has 8 nitrogen and oxygen atoms in total. The van der Waals surface area contributed by atoms with Gasteiger partial charge in [-0.3, -0.25) is 9.59 Å². The minimum Gasteiger partial charge on any atom is -0.457 e. The maximum atomic E-state index is 13.6. The number of aromatic nitrogens is 3. The number of benzene rings is 2. The summed E-state index contributed by atoms with van der Waals surface area (Å²) in [5.41, 5.74) is -0.535. The molecule has 2 aromatic carbocycles. The van der Waals surface area contributed by atoms with E-state index in [4.69, 9.17) is 16.3 Å². The number of hydrogen-bond donors (Lipinski definition) is 1. The van der Waals surface area contributed by atoms with E-state index in [2.05, 4.69) is 15.6 Å². The number of likely N-dealkylation sites (tertiary alicyclic amines) is 1. The smallest absolute Gasteiger partial charge is 0.250 e. The largest absolute Gasteiger partial charge is 0.457 e. The van der Waals surface area contributed by atoms with Gasteiger partial charge in [0.05, 0.1) is 10.5 Å². The highest BCUT2D eigenvalue weighted by atomic mass is 35.5. The Balaban J connectivity index is 1.31. The van der Waals surface area contributed by atoms with Crippen LogP contribution >= 0.6 is 22.9 Å². The number of hydrogen-bond acceptors (Lipinski definition) is 6. The Morgan fingerprint density at radius 3 is 2.51 bits per heavy atom. The number of nitrogens with zero attached hydrogens (tertiary/aromatic N) is 4. The molecule has 2 aromatic heterocycles. The highest BCUT2D eigenvalue weighted by Gasteiger charge is 2.49. The van der Waals surface area contributed by atoms with Gasteiger partial charge in [0.25, 0.3) is 0 Å². The van der Waals surface area contributed by atoms with E-state index in [0.717, 1.165) is 4.88 Å². The van der Waals surface area contributed by atoms with Crippen molar-refractivity contribution in [1.29, 1.82) is 0 Å². The molecule has 1 fully saturated rings. The molecule has 0 radical (unpaired) electrons. The molecule has 4 aromatic rings. The lowest BCUT2D eigenvalue weighted by Gasteiger charge is -2.33. The Labute approximate surface area is 233 Å². The molecule has 1 saturated heterocycles. The molecule has 39 heavy (non-hydrogen) atoms. The van der Waals surface area contributed by atoms with Crippen LogP contribution in [-0.4, -0.2) is 43.8 Å². The molecule has 3 heterocycles. The summed E-state index contributed by atoms with van der Waals surface area (Å²) in [4.78, 5) is 29.6. The predicted molar refractivity (Wildman–Crippen MR) is 148 cm³/mol. The molecule has 5 rings (SSSR count). The number of halogens is 2. The molecule has 11 heteroatoms. The fourth-order valence-corrected chi connectivity index (χ4v) is 5.52. The topological polar surface area (TPSA) is 89.4 Å². The molecule has 2 atom stereocenters. The number of rotatable bonds is 8. The van der Waals surface area contributed by atoms with Crippen molar-refractivity contribution in [2.24, 2.45) is 5.92 Å². The summed E-state index contributed by atoms with van der Waals surface area (Å²) >= 11 is 7.52. The van der Waals surface area contributed by atoms with Crippen LogP contribution in [0.25, 0.3) is 6.08 Å². The third-order valence-electron chi connectivity index (χ3n) is 6.52. The van der Waals surface area contributed by atoms with Crippen LogP contribution in [0.2, 0.25) is 4.34 Å². The molecule has 1 aliphatic rings. The van der Waals surface area contributed by atoms with E-state index >= 15 is 0 Å². The molecular weight excluding hydrogens is 541 g/mol. The van der Waals surface area contributed by atoms with Gasteiger partial charge < -0.3 is 15.0 Å². The molecule has 1 N–H and O–H groups in total. The Morgan fingerprint density at radius 2 is 1.87 bits per heavy atom. The lowest BCUT2D eigenvalue weighted by atomic mass is 9.92. The molecule has 0 bridgehead atoms. The van der Waals surface area contributed by atoms with Crippen LogP contribution in [0.1, 0.15) is 18.2 Å². The average molecular weight is 566 g/mol. The van der Waals surface area contributed by atoms with Gasteiger partial charge in [0, 0.05) is 23.3 Å². The number of thiophene rings is 1. The molecular formula is C28H25ClFN5O3S. The Morgan fingerprint density at radius 1 is 1.15 bits per heavy atom. The first-order chi connectivity index (χ1) is 18.8. The molecule has 0 saturated carbocycles. The normalized spacial score (nSPS) is 18.9. The SMILES string of the molecule is CC1(C(=O)Nc2ccc(Oc3ccc(F)cc3)cc2)CC(/C=C/c2ccc(Cl)s2)CN1C(=O)Cn1ccnn1. The van der Waals surface area contributed by atoms with E-state index in [1.807, 2.05) is 24.3 Å². The zero-order chi connectivity index (χ0) is 27.4. The highest BCUT2D eigenvalue weighted by Crippen LogP contribution is 2.36. The number of ether oxygens (including phenoxy) is 1. The summed E-state index contributed by atoms with van der Waals surface area (Å²) in [6.45, 7) is 2.15. The molecule has 2 amide bonds. The number of carbonyl (C=O) groups excluding carboxylic acids is 2. The second-order valence-electron chi connectivity index (χ2n) is 9.38. The zero-order valence-corrected chi connectivity index (χ0v) is 22.5. The molecule has 2 unspecified atom stereocenters. The summed E-state index contributed by atoms with van der Waals surface area (Å²) in [5.74, 6) is 0.136. The lowest BCUT2D eigenvalue weighted by Crippen LogP contribution is -2.54. The van der Waals surface area contributed by atoms with Gasteiger partial charge in [-0.2, -0.15) is 0 Å². The predicted octanol–water partition coefficient (Wildman–Crippen LogP) is 5.88. The molecule has 0 aliphatic carbocycles. The summed E-state index contributed by atoms with van der Waals surface area (Å²) in [7, 11) is 0. The summed E-state index contributed by atoms with van der Waals surface area (Å²) in [6.07, 6.45) is 7.56. The van der Waals surface area contributed by atoms with Crippen LogP contribution in [0.5, 0.6) is 11.5 Å².